The van der Waals surface area contributed by atoms with Gasteiger partial charge in [0, 0.05) is 12.4 Å². The number of halogens is 6. The molecule has 2 amide bonds. The van der Waals surface area contributed by atoms with Crippen LogP contribution in [0.2, 0.25) is 0 Å². The SMILES string of the molecule is CN(C(=O)Nc1nc(OCC(F)(F)F)cc(OCC(F)(F)F)n1)c1cc(C#N)cs1. The van der Waals surface area contributed by atoms with Gasteiger partial charge in [-0.3, -0.25) is 10.2 Å². The van der Waals surface area contributed by atoms with Gasteiger partial charge in [-0.05, 0) is 6.07 Å². The predicted octanol–water partition coefficient (Wildman–Crippen LogP) is 3.96. The average Bonchev–Trinajstić information content (AvgIpc) is 3.12. The lowest BCUT2D eigenvalue weighted by atomic mass is 10.4. The van der Waals surface area contributed by atoms with E-state index in [0.29, 0.717) is 11.1 Å². The molecule has 0 atom stereocenters. The van der Waals surface area contributed by atoms with Crippen molar-refractivity contribution in [2.75, 3.05) is 30.5 Å². The first kappa shape index (κ1) is 23.0. The van der Waals surface area contributed by atoms with Crippen molar-refractivity contribution in [1.29, 1.82) is 5.26 Å². The van der Waals surface area contributed by atoms with Crippen LogP contribution in [0, 0.1) is 11.3 Å². The summed E-state index contributed by atoms with van der Waals surface area (Å²) in [6.07, 6.45) is -9.47. The Balaban J connectivity index is 2.20. The molecule has 0 radical (unpaired) electrons. The van der Waals surface area contributed by atoms with Gasteiger partial charge in [0.25, 0.3) is 0 Å². The maximum Gasteiger partial charge on any atom is 0.422 e. The number of ether oxygens (including phenoxy) is 2. The van der Waals surface area contributed by atoms with Crippen molar-refractivity contribution < 1.29 is 40.6 Å². The number of anilines is 2. The molecule has 0 fully saturated rings. The lowest BCUT2D eigenvalue weighted by molar-refractivity contribution is -0.154. The van der Waals surface area contributed by atoms with E-state index in [1.165, 1.54) is 18.5 Å². The zero-order valence-electron chi connectivity index (χ0n) is 14.8. The highest BCUT2D eigenvalue weighted by atomic mass is 32.1. The number of carbonyl (C=O) groups excluding carboxylic acids is 1. The Hall–Kier alpha value is -3.28. The number of carbonyl (C=O) groups is 1. The zero-order valence-corrected chi connectivity index (χ0v) is 15.7. The summed E-state index contributed by atoms with van der Waals surface area (Å²) in [5.74, 6) is -2.18. The van der Waals surface area contributed by atoms with E-state index in [0.717, 1.165) is 16.2 Å². The molecule has 2 aromatic heterocycles. The van der Waals surface area contributed by atoms with Gasteiger partial charge in [0.2, 0.25) is 17.7 Å². The van der Waals surface area contributed by atoms with E-state index in [-0.39, 0.29) is 5.56 Å². The first-order valence-electron chi connectivity index (χ1n) is 7.68. The molecule has 0 aromatic carbocycles. The molecule has 1 N–H and O–H groups in total. The molecule has 0 bridgehead atoms. The molecule has 2 aromatic rings. The maximum atomic E-state index is 12.3. The average molecular weight is 455 g/mol. The van der Waals surface area contributed by atoms with Gasteiger partial charge in [0.05, 0.1) is 11.6 Å². The van der Waals surface area contributed by atoms with Crippen molar-refractivity contribution >= 4 is 28.3 Å². The molecule has 0 spiro atoms. The van der Waals surface area contributed by atoms with Gasteiger partial charge in [0.1, 0.15) is 11.1 Å². The largest absolute Gasteiger partial charge is 0.468 e. The summed E-state index contributed by atoms with van der Waals surface area (Å²) in [7, 11) is 1.31. The number of nitrogens with one attached hydrogen (secondary N) is 1. The van der Waals surface area contributed by atoms with Crippen molar-refractivity contribution in [3.8, 4) is 17.8 Å². The first-order chi connectivity index (χ1) is 13.9. The Bertz CT molecular complexity index is 904. The summed E-state index contributed by atoms with van der Waals surface area (Å²) >= 11 is 1.05. The lowest BCUT2D eigenvalue weighted by Crippen LogP contribution is -2.31. The van der Waals surface area contributed by atoms with Crippen molar-refractivity contribution in [3.63, 3.8) is 0 Å². The molecule has 2 heterocycles. The van der Waals surface area contributed by atoms with Gasteiger partial charge in [-0.1, -0.05) is 0 Å². The highest BCUT2D eigenvalue weighted by molar-refractivity contribution is 7.14. The molecule has 2 rings (SSSR count). The van der Waals surface area contributed by atoms with Crippen LogP contribution < -0.4 is 19.7 Å². The van der Waals surface area contributed by atoms with Crippen LogP contribution in [0.4, 0.5) is 42.1 Å². The summed E-state index contributed by atoms with van der Waals surface area (Å²) in [6, 6.07) is 3.01. The van der Waals surface area contributed by atoms with Crippen LogP contribution in [-0.4, -0.2) is 48.6 Å². The van der Waals surface area contributed by atoms with Crippen LogP contribution in [-0.2, 0) is 0 Å². The number of hydrogen-bond acceptors (Lipinski definition) is 7. The lowest BCUT2D eigenvalue weighted by Gasteiger charge is -2.16. The molecule has 0 aliphatic heterocycles. The van der Waals surface area contributed by atoms with Crippen molar-refractivity contribution in [1.82, 2.24) is 9.97 Å². The van der Waals surface area contributed by atoms with Crippen LogP contribution >= 0.6 is 11.3 Å². The second-order valence-corrected chi connectivity index (χ2v) is 6.34. The highest BCUT2D eigenvalue weighted by Gasteiger charge is 2.30. The number of rotatable bonds is 6. The third-order valence-electron chi connectivity index (χ3n) is 3.02. The van der Waals surface area contributed by atoms with Gasteiger partial charge < -0.3 is 9.47 Å². The van der Waals surface area contributed by atoms with Gasteiger partial charge in [-0.2, -0.15) is 41.6 Å². The number of alkyl halides is 6. The molecule has 0 unspecified atom stereocenters. The summed E-state index contributed by atoms with van der Waals surface area (Å²) in [5.41, 5.74) is 0.288. The number of amides is 2. The second-order valence-electron chi connectivity index (χ2n) is 5.45. The van der Waals surface area contributed by atoms with Crippen LogP contribution in [0.3, 0.4) is 0 Å². The molecule has 30 heavy (non-hydrogen) atoms. The van der Waals surface area contributed by atoms with Crippen molar-refractivity contribution in [2.24, 2.45) is 0 Å². The number of thiophene rings is 1. The molecule has 8 nitrogen and oxygen atoms in total. The van der Waals surface area contributed by atoms with Crippen molar-refractivity contribution in [3.05, 3.63) is 23.1 Å². The van der Waals surface area contributed by atoms with Crippen LogP contribution in [0.1, 0.15) is 5.56 Å². The van der Waals surface area contributed by atoms with Gasteiger partial charge >= 0.3 is 18.4 Å². The maximum absolute atomic E-state index is 12.3. The van der Waals surface area contributed by atoms with E-state index in [4.69, 9.17) is 5.26 Å². The summed E-state index contributed by atoms with van der Waals surface area (Å²) in [6.45, 7) is -3.55. The Labute approximate surface area is 168 Å². The van der Waals surface area contributed by atoms with E-state index in [2.05, 4.69) is 24.8 Å². The molecular formula is C15H11F6N5O3S. The van der Waals surface area contributed by atoms with Gasteiger partial charge in [-0.15, -0.1) is 11.3 Å². The fourth-order valence-electron chi connectivity index (χ4n) is 1.76. The fraction of sp³-hybridized carbons (Fsp3) is 0.333. The van der Waals surface area contributed by atoms with Crippen LogP contribution in [0.5, 0.6) is 11.8 Å². The monoisotopic (exact) mass is 455 g/mol. The number of nitrogens with zero attached hydrogens (tertiary/aromatic N) is 4. The van der Waals surface area contributed by atoms with E-state index in [9.17, 15) is 31.1 Å². The Kier molecular flexibility index (Phi) is 6.92. The number of aromatic nitrogens is 2. The number of nitriles is 1. The number of hydrogen-bond donors (Lipinski definition) is 1. The third-order valence-corrected chi connectivity index (χ3v) is 4.02. The molecule has 162 valence electrons. The minimum atomic E-state index is -4.74. The smallest absolute Gasteiger partial charge is 0.422 e. The van der Waals surface area contributed by atoms with Crippen LogP contribution in [0.25, 0.3) is 0 Å². The summed E-state index contributed by atoms with van der Waals surface area (Å²) in [4.78, 5) is 20.4. The topological polar surface area (TPSA) is 100 Å². The first-order valence-corrected chi connectivity index (χ1v) is 8.56. The molecule has 0 saturated heterocycles. The minimum Gasteiger partial charge on any atom is -0.468 e. The van der Waals surface area contributed by atoms with E-state index < -0.39 is 49.3 Å². The van der Waals surface area contributed by atoms with E-state index in [1.54, 1.807) is 0 Å². The Morgan fingerprint density at radius 2 is 1.67 bits per heavy atom. The van der Waals surface area contributed by atoms with E-state index >= 15 is 0 Å². The zero-order chi connectivity index (χ0) is 22.5. The molecule has 0 aliphatic rings. The number of urea groups is 1. The predicted molar refractivity (Wildman–Crippen MR) is 91.6 cm³/mol. The Morgan fingerprint density at radius 1 is 1.13 bits per heavy atom. The Morgan fingerprint density at radius 3 is 2.10 bits per heavy atom. The summed E-state index contributed by atoms with van der Waals surface area (Å²) in [5, 5.41) is 12.7. The normalized spacial score (nSPS) is 11.5. The van der Waals surface area contributed by atoms with E-state index in [1.807, 2.05) is 6.07 Å². The molecular weight excluding hydrogens is 444 g/mol. The van der Waals surface area contributed by atoms with Gasteiger partial charge in [-0.25, -0.2) is 4.79 Å². The van der Waals surface area contributed by atoms with Crippen LogP contribution in [0.15, 0.2) is 17.5 Å². The standard InChI is InChI=1S/C15H11F6N5O3S/c1-26(11-2-8(4-22)5-30-11)13(27)25-12-23-9(28-6-14(16,17)18)3-10(24-12)29-7-15(19,20)21/h2-3,5H,6-7H2,1H3,(H,23,24,25,27). The quantitative estimate of drug-likeness (QED) is 0.662. The highest BCUT2D eigenvalue weighted by Crippen LogP contribution is 2.26. The third kappa shape index (κ3) is 7.28. The fourth-order valence-corrected chi connectivity index (χ4v) is 2.56. The minimum absolute atomic E-state index is 0.288. The van der Waals surface area contributed by atoms with Crippen molar-refractivity contribution in [2.45, 2.75) is 12.4 Å². The van der Waals surface area contributed by atoms with Gasteiger partial charge in [0.15, 0.2) is 13.2 Å². The molecule has 15 heteroatoms. The second kappa shape index (κ2) is 9.03. The molecule has 0 saturated carbocycles. The molecule has 0 aliphatic carbocycles. The summed E-state index contributed by atoms with van der Waals surface area (Å²) < 4.78 is 82.8.